The molecule has 4 nitrogen and oxygen atoms in total. The second kappa shape index (κ2) is 7.11. The first-order valence-corrected chi connectivity index (χ1v) is 6.99. The molecule has 0 radical (unpaired) electrons. The highest BCUT2D eigenvalue weighted by Gasteiger charge is 2.21. The average Bonchev–Trinajstić information content (AvgIpc) is 2.50. The summed E-state index contributed by atoms with van der Waals surface area (Å²) in [5, 5.41) is 10.3. The lowest BCUT2D eigenvalue weighted by Gasteiger charge is -2.29. The summed E-state index contributed by atoms with van der Waals surface area (Å²) in [7, 11) is 3.60. The molecule has 4 heteroatoms. The Morgan fingerprint density at radius 2 is 1.90 bits per heavy atom. The fraction of sp³-hybridized carbons (Fsp3) is 0.294. The molecule has 0 aliphatic rings. The molecule has 0 aliphatic heterocycles. The van der Waals surface area contributed by atoms with Crippen LogP contribution >= 0.6 is 0 Å². The molecule has 112 valence electrons. The summed E-state index contributed by atoms with van der Waals surface area (Å²) < 4.78 is 5.15. The summed E-state index contributed by atoms with van der Waals surface area (Å²) in [4.78, 5) is 2.14. The van der Waals surface area contributed by atoms with Crippen molar-refractivity contribution in [2.24, 2.45) is 5.73 Å². The molecule has 1 atom stereocenters. The third kappa shape index (κ3) is 3.54. The Balaban J connectivity index is 2.44. The van der Waals surface area contributed by atoms with Gasteiger partial charge in [-0.2, -0.15) is 0 Å². The largest absolute Gasteiger partial charge is 0.507 e. The fourth-order valence-corrected chi connectivity index (χ4v) is 2.52. The number of methoxy groups -OCH3 is 1. The van der Waals surface area contributed by atoms with Gasteiger partial charge in [-0.3, -0.25) is 4.90 Å². The van der Waals surface area contributed by atoms with Crippen LogP contribution in [0.3, 0.4) is 0 Å². The van der Waals surface area contributed by atoms with E-state index < -0.39 is 0 Å². The third-order valence-electron chi connectivity index (χ3n) is 3.57. The average molecular weight is 286 g/mol. The Morgan fingerprint density at radius 1 is 1.19 bits per heavy atom. The highest BCUT2D eigenvalue weighted by molar-refractivity contribution is 5.45. The van der Waals surface area contributed by atoms with Crippen molar-refractivity contribution in [3.63, 3.8) is 0 Å². The van der Waals surface area contributed by atoms with Crippen LogP contribution in [0.25, 0.3) is 0 Å². The van der Waals surface area contributed by atoms with E-state index in [0.29, 0.717) is 12.3 Å². The zero-order chi connectivity index (χ0) is 15.2. The molecule has 2 rings (SSSR count). The van der Waals surface area contributed by atoms with Gasteiger partial charge in [0.15, 0.2) is 0 Å². The van der Waals surface area contributed by atoms with Gasteiger partial charge < -0.3 is 15.6 Å². The number of phenolic OH excluding ortho intramolecular Hbond substituents is 1. The number of aromatic hydroxyl groups is 1. The van der Waals surface area contributed by atoms with E-state index in [1.807, 2.05) is 37.4 Å². The molecule has 21 heavy (non-hydrogen) atoms. The zero-order valence-corrected chi connectivity index (χ0v) is 12.5. The monoisotopic (exact) mass is 286 g/mol. The first-order chi connectivity index (χ1) is 10.2. The van der Waals surface area contributed by atoms with Crippen molar-refractivity contribution < 1.29 is 9.84 Å². The quantitative estimate of drug-likeness (QED) is 0.856. The lowest BCUT2D eigenvalue weighted by molar-refractivity contribution is 0.280. The van der Waals surface area contributed by atoms with Gasteiger partial charge in [-0.15, -0.1) is 0 Å². The van der Waals surface area contributed by atoms with Crippen molar-refractivity contribution in [3.05, 3.63) is 59.7 Å². The van der Waals surface area contributed by atoms with E-state index in [0.717, 1.165) is 17.7 Å². The SMILES string of the molecule is COc1ccc(C(c2ccccc2)N(C)CCN)c(O)c1. The summed E-state index contributed by atoms with van der Waals surface area (Å²) in [5.41, 5.74) is 7.65. The Kier molecular flexibility index (Phi) is 5.20. The number of phenols is 1. The Hall–Kier alpha value is -2.04. The van der Waals surface area contributed by atoms with Crippen molar-refractivity contribution >= 4 is 0 Å². The first kappa shape index (κ1) is 15.4. The van der Waals surface area contributed by atoms with Crippen LogP contribution in [0.1, 0.15) is 17.2 Å². The molecule has 0 aliphatic carbocycles. The van der Waals surface area contributed by atoms with Crippen LogP contribution in [-0.4, -0.2) is 37.3 Å². The van der Waals surface area contributed by atoms with Crippen molar-refractivity contribution in [2.45, 2.75) is 6.04 Å². The van der Waals surface area contributed by atoms with Crippen molar-refractivity contribution in [2.75, 3.05) is 27.2 Å². The number of hydrogen-bond acceptors (Lipinski definition) is 4. The standard InChI is InChI=1S/C17H22N2O2/c1-19(11-10-18)17(13-6-4-3-5-7-13)15-9-8-14(21-2)12-16(15)20/h3-9,12,17,20H,10-11,18H2,1-2H3. The van der Waals surface area contributed by atoms with Crippen molar-refractivity contribution in [1.82, 2.24) is 4.90 Å². The van der Waals surface area contributed by atoms with Crippen LogP contribution in [0.5, 0.6) is 11.5 Å². The van der Waals surface area contributed by atoms with Crippen LogP contribution < -0.4 is 10.5 Å². The molecule has 0 saturated heterocycles. The van der Waals surface area contributed by atoms with E-state index in [1.165, 1.54) is 0 Å². The molecule has 3 N–H and O–H groups in total. The number of hydrogen-bond donors (Lipinski definition) is 2. The molecule has 0 heterocycles. The molecule has 0 spiro atoms. The van der Waals surface area contributed by atoms with Crippen LogP contribution in [0.4, 0.5) is 0 Å². The molecular weight excluding hydrogens is 264 g/mol. The van der Waals surface area contributed by atoms with E-state index in [-0.39, 0.29) is 11.8 Å². The van der Waals surface area contributed by atoms with Gasteiger partial charge in [-0.1, -0.05) is 30.3 Å². The second-order valence-corrected chi connectivity index (χ2v) is 5.01. The minimum atomic E-state index is -0.0411. The van der Waals surface area contributed by atoms with Crippen LogP contribution in [0.15, 0.2) is 48.5 Å². The Bertz CT molecular complexity index is 572. The maximum absolute atomic E-state index is 10.3. The van der Waals surface area contributed by atoms with Crippen molar-refractivity contribution in [3.8, 4) is 11.5 Å². The molecule has 0 saturated carbocycles. The maximum atomic E-state index is 10.3. The molecular formula is C17H22N2O2. The molecule has 0 aromatic heterocycles. The van der Waals surface area contributed by atoms with E-state index in [9.17, 15) is 5.11 Å². The molecule has 0 amide bonds. The van der Waals surface area contributed by atoms with Gasteiger partial charge in [0.25, 0.3) is 0 Å². The normalized spacial score (nSPS) is 12.4. The van der Waals surface area contributed by atoms with Crippen LogP contribution in [-0.2, 0) is 0 Å². The molecule has 0 bridgehead atoms. The topological polar surface area (TPSA) is 58.7 Å². The summed E-state index contributed by atoms with van der Waals surface area (Å²) in [5.74, 6) is 0.872. The minimum Gasteiger partial charge on any atom is -0.507 e. The predicted molar refractivity (Wildman–Crippen MR) is 84.6 cm³/mol. The number of nitrogens with two attached hydrogens (primary N) is 1. The van der Waals surface area contributed by atoms with E-state index in [1.54, 1.807) is 13.2 Å². The summed E-state index contributed by atoms with van der Waals surface area (Å²) in [6, 6.07) is 15.5. The van der Waals surface area contributed by atoms with Crippen LogP contribution in [0.2, 0.25) is 0 Å². The van der Waals surface area contributed by atoms with E-state index in [4.69, 9.17) is 10.5 Å². The lowest BCUT2D eigenvalue weighted by atomic mass is 9.96. The van der Waals surface area contributed by atoms with E-state index >= 15 is 0 Å². The Morgan fingerprint density at radius 3 is 2.48 bits per heavy atom. The van der Waals surface area contributed by atoms with Gasteiger partial charge in [0.05, 0.1) is 13.2 Å². The maximum Gasteiger partial charge on any atom is 0.124 e. The second-order valence-electron chi connectivity index (χ2n) is 5.01. The highest BCUT2D eigenvalue weighted by Crippen LogP contribution is 2.35. The van der Waals surface area contributed by atoms with Crippen molar-refractivity contribution in [1.29, 1.82) is 0 Å². The number of benzene rings is 2. The van der Waals surface area contributed by atoms with Gasteiger partial charge in [-0.05, 0) is 24.7 Å². The number of likely N-dealkylation sites (N-methyl/N-ethyl adjacent to an activating group) is 1. The summed E-state index contributed by atoms with van der Waals surface area (Å²) >= 11 is 0. The molecule has 1 unspecified atom stereocenters. The van der Waals surface area contributed by atoms with Crippen LogP contribution in [0, 0.1) is 0 Å². The van der Waals surface area contributed by atoms with Gasteiger partial charge in [0.2, 0.25) is 0 Å². The Labute approximate surface area is 125 Å². The smallest absolute Gasteiger partial charge is 0.124 e. The number of nitrogens with zero attached hydrogens (tertiary/aromatic N) is 1. The summed E-state index contributed by atoms with van der Waals surface area (Å²) in [6.07, 6.45) is 0. The number of rotatable bonds is 6. The third-order valence-corrected chi connectivity index (χ3v) is 3.57. The fourth-order valence-electron chi connectivity index (χ4n) is 2.52. The number of ether oxygens (including phenoxy) is 1. The van der Waals surface area contributed by atoms with E-state index in [2.05, 4.69) is 17.0 Å². The van der Waals surface area contributed by atoms with Gasteiger partial charge in [0, 0.05) is 24.7 Å². The molecule has 2 aromatic rings. The molecule has 0 fully saturated rings. The van der Waals surface area contributed by atoms with Gasteiger partial charge in [-0.25, -0.2) is 0 Å². The first-order valence-electron chi connectivity index (χ1n) is 6.99. The van der Waals surface area contributed by atoms with Gasteiger partial charge in [0.1, 0.15) is 11.5 Å². The van der Waals surface area contributed by atoms with Gasteiger partial charge >= 0.3 is 0 Å². The molecule has 2 aromatic carbocycles. The predicted octanol–water partition coefficient (Wildman–Crippen LogP) is 2.38. The zero-order valence-electron chi connectivity index (χ0n) is 12.5. The summed E-state index contributed by atoms with van der Waals surface area (Å²) in [6.45, 7) is 1.31. The lowest BCUT2D eigenvalue weighted by Crippen LogP contribution is -2.30. The highest BCUT2D eigenvalue weighted by atomic mass is 16.5. The minimum absolute atomic E-state index is 0.0411.